The summed E-state index contributed by atoms with van der Waals surface area (Å²) < 4.78 is 11.2. The number of para-hydroxylation sites is 2. The van der Waals surface area contributed by atoms with Gasteiger partial charge < -0.3 is 30.3 Å². The molecule has 0 unspecified atom stereocenters. The molecule has 0 radical (unpaired) electrons. The molecule has 4 N–H and O–H groups in total. The topological polar surface area (TPSA) is 117 Å². The van der Waals surface area contributed by atoms with Crippen molar-refractivity contribution in [1.29, 1.82) is 0 Å². The molecule has 36 heavy (non-hydrogen) atoms. The molecule has 182 valence electrons. The van der Waals surface area contributed by atoms with Crippen LogP contribution in [0.2, 0.25) is 0 Å². The number of carbonyl (C=O) groups is 2. The third-order valence-electron chi connectivity index (χ3n) is 5.58. The van der Waals surface area contributed by atoms with E-state index in [-0.39, 0.29) is 11.1 Å². The third-order valence-corrected chi connectivity index (χ3v) is 5.58. The highest BCUT2D eigenvalue weighted by Crippen LogP contribution is 2.38. The first-order valence-corrected chi connectivity index (χ1v) is 11.0. The predicted molar refractivity (Wildman–Crippen MR) is 138 cm³/mol. The zero-order chi connectivity index (χ0) is 25.7. The summed E-state index contributed by atoms with van der Waals surface area (Å²) in [4.78, 5) is 23.1. The average molecular weight is 485 g/mol. The fourth-order valence-corrected chi connectivity index (χ4v) is 3.83. The summed E-state index contributed by atoms with van der Waals surface area (Å²) in [5.74, 6) is -0.953. The second-order valence-corrected chi connectivity index (χ2v) is 7.78. The normalized spacial score (nSPS) is 10.4. The number of carboxylic acid groups (broad SMARTS) is 2. The third kappa shape index (κ3) is 5.07. The predicted octanol–water partition coefficient (Wildman–Crippen LogP) is 6.25. The van der Waals surface area contributed by atoms with Crippen molar-refractivity contribution in [2.45, 2.75) is 0 Å². The van der Waals surface area contributed by atoms with E-state index in [1.165, 1.54) is 19.2 Å². The maximum Gasteiger partial charge on any atom is 0.337 e. The molecule has 0 fully saturated rings. The molecule has 0 amide bonds. The Kier molecular flexibility index (Phi) is 7.06. The number of rotatable bonds is 9. The Morgan fingerprint density at radius 3 is 1.81 bits per heavy atom. The zero-order valence-corrected chi connectivity index (χ0v) is 19.6. The van der Waals surface area contributed by atoms with Crippen LogP contribution in [0.15, 0.2) is 84.9 Å². The van der Waals surface area contributed by atoms with Crippen molar-refractivity contribution in [2.24, 2.45) is 0 Å². The fourth-order valence-electron chi connectivity index (χ4n) is 3.83. The monoisotopic (exact) mass is 484 g/mol. The van der Waals surface area contributed by atoms with E-state index in [0.717, 1.165) is 11.1 Å². The molecule has 8 heteroatoms. The molecule has 8 nitrogen and oxygen atoms in total. The van der Waals surface area contributed by atoms with E-state index in [1.807, 2.05) is 30.3 Å². The molecule has 4 aromatic rings. The molecule has 4 aromatic carbocycles. The lowest BCUT2D eigenvalue weighted by Crippen LogP contribution is -2.03. The summed E-state index contributed by atoms with van der Waals surface area (Å²) in [7, 11) is 3.10. The summed E-state index contributed by atoms with van der Waals surface area (Å²) in [6, 6.07) is 24.3. The van der Waals surface area contributed by atoms with Crippen molar-refractivity contribution < 1.29 is 29.3 Å². The van der Waals surface area contributed by atoms with Crippen LogP contribution in [-0.2, 0) is 0 Å². The highest BCUT2D eigenvalue weighted by molar-refractivity contribution is 5.96. The van der Waals surface area contributed by atoms with Crippen LogP contribution in [0.4, 0.5) is 22.7 Å². The van der Waals surface area contributed by atoms with Gasteiger partial charge in [0.2, 0.25) is 0 Å². The lowest BCUT2D eigenvalue weighted by molar-refractivity contribution is 0.0687. The molecule has 0 bridgehead atoms. The Hall–Kier alpha value is -4.98. The van der Waals surface area contributed by atoms with Crippen LogP contribution >= 0.6 is 0 Å². The van der Waals surface area contributed by atoms with E-state index in [1.54, 1.807) is 49.6 Å². The Labute approximate surface area is 207 Å². The molecule has 0 saturated carbocycles. The van der Waals surface area contributed by atoms with Gasteiger partial charge in [-0.1, -0.05) is 30.3 Å². The van der Waals surface area contributed by atoms with E-state index in [9.17, 15) is 19.8 Å². The number of nitrogens with one attached hydrogen (secondary N) is 2. The summed E-state index contributed by atoms with van der Waals surface area (Å²) in [6.45, 7) is 0. The van der Waals surface area contributed by atoms with Crippen molar-refractivity contribution in [2.75, 3.05) is 24.9 Å². The molecule has 4 rings (SSSR count). The van der Waals surface area contributed by atoms with Gasteiger partial charge >= 0.3 is 11.9 Å². The Morgan fingerprint density at radius 2 is 1.22 bits per heavy atom. The molecule has 0 atom stereocenters. The van der Waals surface area contributed by atoms with Crippen LogP contribution in [0.5, 0.6) is 11.5 Å². The lowest BCUT2D eigenvalue weighted by Gasteiger charge is -2.16. The smallest absolute Gasteiger partial charge is 0.337 e. The SMILES string of the molecule is COc1cc(-c2ccc(Nc3ccccc3C(=O)O)cc2OC)ccc1Nc1ccccc1C(=O)O. The van der Waals surface area contributed by atoms with E-state index >= 15 is 0 Å². The lowest BCUT2D eigenvalue weighted by atomic mass is 10.0. The number of carboxylic acids is 2. The van der Waals surface area contributed by atoms with Gasteiger partial charge in [0.1, 0.15) is 11.5 Å². The van der Waals surface area contributed by atoms with Crippen LogP contribution in [0.1, 0.15) is 20.7 Å². The molecular formula is C28H24N2O6. The van der Waals surface area contributed by atoms with Gasteiger partial charge in [0, 0.05) is 17.3 Å². The highest BCUT2D eigenvalue weighted by Gasteiger charge is 2.15. The zero-order valence-electron chi connectivity index (χ0n) is 19.6. The Bertz CT molecular complexity index is 1430. The van der Waals surface area contributed by atoms with Gasteiger partial charge in [0.15, 0.2) is 0 Å². The molecule has 0 aliphatic heterocycles. The van der Waals surface area contributed by atoms with Gasteiger partial charge in [-0.25, -0.2) is 9.59 Å². The van der Waals surface area contributed by atoms with Crippen molar-refractivity contribution in [3.63, 3.8) is 0 Å². The number of benzene rings is 4. The van der Waals surface area contributed by atoms with Gasteiger partial charge in [-0.2, -0.15) is 0 Å². The second-order valence-electron chi connectivity index (χ2n) is 7.78. The summed E-state index contributed by atoms with van der Waals surface area (Å²) in [5.41, 5.74) is 4.13. The molecule has 0 aromatic heterocycles. The van der Waals surface area contributed by atoms with E-state index in [2.05, 4.69) is 10.6 Å². The minimum absolute atomic E-state index is 0.151. The minimum atomic E-state index is -1.03. The van der Waals surface area contributed by atoms with E-state index < -0.39 is 11.9 Å². The van der Waals surface area contributed by atoms with E-state index in [4.69, 9.17) is 9.47 Å². The van der Waals surface area contributed by atoms with Gasteiger partial charge in [-0.15, -0.1) is 0 Å². The van der Waals surface area contributed by atoms with Crippen LogP contribution in [-0.4, -0.2) is 36.4 Å². The minimum Gasteiger partial charge on any atom is -0.496 e. The fraction of sp³-hybridized carbons (Fsp3) is 0.0714. The number of hydrogen-bond donors (Lipinski definition) is 4. The first-order chi connectivity index (χ1) is 17.4. The van der Waals surface area contributed by atoms with E-state index in [0.29, 0.717) is 34.2 Å². The molecular weight excluding hydrogens is 460 g/mol. The standard InChI is InChI=1S/C28H24N2O6/c1-35-25-16-18(29-22-9-5-3-7-20(22)27(31)32)12-13-19(25)17-11-14-24(26(15-17)36-2)30-23-10-6-4-8-21(23)28(33)34/h3-16,29-30H,1-2H3,(H,31,32)(H,33,34). The van der Waals surface area contributed by atoms with Crippen molar-refractivity contribution in [3.05, 3.63) is 96.1 Å². The first-order valence-electron chi connectivity index (χ1n) is 11.0. The molecule has 0 spiro atoms. The maximum atomic E-state index is 11.6. The van der Waals surface area contributed by atoms with Crippen molar-refractivity contribution in [3.8, 4) is 22.6 Å². The molecule has 0 saturated heterocycles. The molecule has 0 heterocycles. The van der Waals surface area contributed by atoms with Gasteiger partial charge in [-0.3, -0.25) is 0 Å². The highest BCUT2D eigenvalue weighted by atomic mass is 16.5. The average Bonchev–Trinajstić information content (AvgIpc) is 2.89. The summed E-state index contributed by atoms with van der Waals surface area (Å²) in [5, 5.41) is 25.2. The van der Waals surface area contributed by atoms with Crippen LogP contribution in [0.25, 0.3) is 11.1 Å². The number of ether oxygens (including phenoxy) is 2. The maximum absolute atomic E-state index is 11.6. The van der Waals surface area contributed by atoms with Gasteiger partial charge in [0.05, 0.1) is 42.4 Å². The Balaban J connectivity index is 1.65. The quantitative estimate of drug-likeness (QED) is 0.220. The largest absolute Gasteiger partial charge is 0.496 e. The second kappa shape index (κ2) is 10.5. The van der Waals surface area contributed by atoms with Crippen LogP contribution in [0, 0.1) is 0 Å². The number of anilines is 4. The number of methoxy groups -OCH3 is 2. The number of aromatic carboxylic acids is 2. The molecule has 0 aliphatic rings. The van der Waals surface area contributed by atoms with Crippen LogP contribution in [0.3, 0.4) is 0 Å². The van der Waals surface area contributed by atoms with Gasteiger partial charge in [-0.05, 0) is 54.1 Å². The number of hydrogen-bond acceptors (Lipinski definition) is 6. The van der Waals surface area contributed by atoms with Gasteiger partial charge in [0.25, 0.3) is 0 Å². The van der Waals surface area contributed by atoms with Crippen molar-refractivity contribution in [1.82, 2.24) is 0 Å². The molecule has 0 aliphatic carbocycles. The van der Waals surface area contributed by atoms with Crippen molar-refractivity contribution >= 4 is 34.7 Å². The Morgan fingerprint density at radius 1 is 0.639 bits per heavy atom. The van der Waals surface area contributed by atoms with Crippen LogP contribution < -0.4 is 20.1 Å². The summed E-state index contributed by atoms with van der Waals surface area (Å²) >= 11 is 0. The first kappa shape index (κ1) is 24.2. The summed E-state index contributed by atoms with van der Waals surface area (Å²) in [6.07, 6.45) is 0.